The molecule has 0 saturated carbocycles. The summed E-state index contributed by atoms with van der Waals surface area (Å²) in [6.45, 7) is 3.44. The summed E-state index contributed by atoms with van der Waals surface area (Å²) in [7, 11) is -3.13. The van der Waals surface area contributed by atoms with Crippen LogP contribution in [0.5, 0.6) is 0 Å². The van der Waals surface area contributed by atoms with E-state index < -0.39 is 15.9 Å². The van der Waals surface area contributed by atoms with Gasteiger partial charge < -0.3 is 4.90 Å². The molecule has 4 rings (SSSR count). The Morgan fingerprint density at radius 2 is 1.93 bits per heavy atom. The Bertz CT molecular complexity index is 973. The van der Waals surface area contributed by atoms with Crippen molar-refractivity contribution in [1.82, 2.24) is 14.8 Å². The summed E-state index contributed by atoms with van der Waals surface area (Å²) in [4.78, 5) is 29.3. The van der Waals surface area contributed by atoms with E-state index in [1.165, 1.54) is 5.01 Å². The normalized spacial score (nSPS) is 24.8. The van der Waals surface area contributed by atoms with Crippen molar-refractivity contribution < 1.29 is 18.0 Å². The summed E-state index contributed by atoms with van der Waals surface area (Å²) >= 11 is 6.05. The molecule has 3 aliphatic rings. The Morgan fingerprint density at radius 1 is 1.17 bits per heavy atom. The second kappa shape index (κ2) is 8.64. The molecule has 162 valence electrons. The van der Waals surface area contributed by atoms with Gasteiger partial charge in [-0.3, -0.25) is 14.5 Å². The first-order valence-corrected chi connectivity index (χ1v) is 12.4. The Kier molecular flexibility index (Phi) is 6.13. The predicted octanol–water partition coefficient (Wildman–Crippen LogP) is 1.15. The zero-order chi connectivity index (χ0) is 21.3. The second-order valence-corrected chi connectivity index (χ2v) is 10.7. The molecule has 0 spiro atoms. The smallest absolute Gasteiger partial charge is 0.270 e. The molecule has 3 heterocycles. The zero-order valence-electron chi connectivity index (χ0n) is 16.7. The van der Waals surface area contributed by atoms with E-state index in [0.717, 1.165) is 25.2 Å². The van der Waals surface area contributed by atoms with Crippen molar-refractivity contribution in [3.8, 4) is 0 Å². The van der Waals surface area contributed by atoms with Gasteiger partial charge in [0.05, 0.1) is 17.5 Å². The van der Waals surface area contributed by atoms with E-state index in [4.69, 9.17) is 11.6 Å². The molecule has 10 heteroatoms. The molecule has 1 unspecified atom stereocenters. The van der Waals surface area contributed by atoms with Crippen LogP contribution < -0.4 is 0 Å². The van der Waals surface area contributed by atoms with Crippen LogP contribution in [-0.2, 0) is 26.0 Å². The molecule has 0 N–H and O–H groups in total. The maximum atomic E-state index is 13.0. The molecule has 0 aromatic heterocycles. The Morgan fingerprint density at radius 3 is 2.60 bits per heavy atom. The van der Waals surface area contributed by atoms with Crippen LogP contribution in [0.1, 0.15) is 24.8 Å². The summed E-state index contributed by atoms with van der Waals surface area (Å²) < 4.78 is 23.5. The third-order valence-electron chi connectivity index (χ3n) is 5.82. The molecule has 0 radical (unpaired) electrons. The SMILES string of the molecule is O=C(C1=NN(C2CCS(=O)(=O)C2)C(=O)CC1)N1CCN(Cc2cccc(Cl)c2)CC1. The number of hydrazone groups is 1. The molecule has 1 aromatic rings. The average Bonchev–Trinajstić information content (AvgIpc) is 3.08. The van der Waals surface area contributed by atoms with Crippen LogP contribution in [0.4, 0.5) is 0 Å². The lowest BCUT2D eigenvalue weighted by atomic mass is 10.1. The third kappa shape index (κ3) is 4.84. The first-order chi connectivity index (χ1) is 14.3. The fraction of sp³-hybridized carbons (Fsp3) is 0.550. The van der Waals surface area contributed by atoms with Crippen molar-refractivity contribution in [2.45, 2.75) is 31.8 Å². The van der Waals surface area contributed by atoms with Crippen molar-refractivity contribution in [1.29, 1.82) is 0 Å². The van der Waals surface area contributed by atoms with Gasteiger partial charge in [-0.2, -0.15) is 5.10 Å². The monoisotopic (exact) mass is 452 g/mol. The quantitative estimate of drug-likeness (QED) is 0.683. The van der Waals surface area contributed by atoms with Gasteiger partial charge in [0.2, 0.25) is 5.91 Å². The summed E-state index contributed by atoms with van der Waals surface area (Å²) in [6.07, 6.45) is 0.868. The van der Waals surface area contributed by atoms with E-state index in [1.54, 1.807) is 4.90 Å². The number of amides is 2. The molecule has 0 aliphatic carbocycles. The largest absolute Gasteiger partial charge is 0.335 e. The first-order valence-electron chi connectivity index (χ1n) is 10.2. The Balaban J connectivity index is 1.36. The predicted molar refractivity (Wildman–Crippen MR) is 114 cm³/mol. The molecule has 30 heavy (non-hydrogen) atoms. The number of nitrogens with zero attached hydrogens (tertiary/aromatic N) is 4. The maximum absolute atomic E-state index is 13.0. The molecular formula is C20H25ClN4O4S. The minimum atomic E-state index is -3.13. The highest BCUT2D eigenvalue weighted by atomic mass is 35.5. The number of hydrogen-bond acceptors (Lipinski definition) is 6. The van der Waals surface area contributed by atoms with Gasteiger partial charge in [0.1, 0.15) is 5.71 Å². The average molecular weight is 453 g/mol. The van der Waals surface area contributed by atoms with Crippen LogP contribution in [-0.4, -0.2) is 84.5 Å². The maximum Gasteiger partial charge on any atom is 0.270 e. The minimum Gasteiger partial charge on any atom is -0.335 e. The number of sulfone groups is 1. The van der Waals surface area contributed by atoms with Gasteiger partial charge >= 0.3 is 0 Å². The zero-order valence-corrected chi connectivity index (χ0v) is 18.2. The van der Waals surface area contributed by atoms with E-state index in [9.17, 15) is 18.0 Å². The summed E-state index contributed by atoms with van der Waals surface area (Å²) in [6, 6.07) is 7.31. The highest BCUT2D eigenvalue weighted by Crippen LogP contribution is 2.23. The molecule has 0 bridgehead atoms. The lowest BCUT2D eigenvalue weighted by Gasteiger charge is -2.36. The second-order valence-electron chi connectivity index (χ2n) is 8.04. The van der Waals surface area contributed by atoms with Gasteiger partial charge in [0.15, 0.2) is 9.84 Å². The first kappa shape index (κ1) is 21.3. The fourth-order valence-corrected chi connectivity index (χ4v) is 6.07. The molecule has 2 amide bonds. The molecule has 8 nitrogen and oxygen atoms in total. The van der Waals surface area contributed by atoms with Gasteiger partial charge in [-0.15, -0.1) is 0 Å². The minimum absolute atomic E-state index is 0.0643. The van der Waals surface area contributed by atoms with Gasteiger partial charge in [0.25, 0.3) is 5.91 Å². The van der Waals surface area contributed by atoms with E-state index in [1.807, 2.05) is 24.3 Å². The molecule has 2 saturated heterocycles. The van der Waals surface area contributed by atoms with Crippen molar-refractivity contribution in [3.63, 3.8) is 0 Å². The van der Waals surface area contributed by atoms with E-state index in [2.05, 4.69) is 10.0 Å². The van der Waals surface area contributed by atoms with Crippen molar-refractivity contribution in [2.24, 2.45) is 5.10 Å². The number of piperazine rings is 1. The Labute approximate surface area is 181 Å². The van der Waals surface area contributed by atoms with E-state index >= 15 is 0 Å². The van der Waals surface area contributed by atoms with Crippen LogP contribution in [0, 0.1) is 0 Å². The van der Waals surface area contributed by atoms with Gasteiger partial charge in [-0.1, -0.05) is 23.7 Å². The Hall–Kier alpha value is -1.97. The number of rotatable bonds is 4. The lowest BCUT2D eigenvalue weighted by molar-refractivity contribution is -0.134. The lowest BCUT2D eigenvalue weighted by Crippen LogP contribution is -2.51. The molecule has 1 atom stereocenters. The molecule has 3 aliphatic heterocycles. The van der Waals surface area contributed by atoms with Crippen LogP contribution >= 0.6 is 11.6 Å². The molecular weight excluding hydrogens is 428 g/mol. The number of hydrogen-bond donors (Lipinski definition) is 0. The van der Waals surface area contributed by atoms with Gasteiger partial charge in [-0.25, -0.2) is 13.4 Å². The van der Waals surface area contributed by atoms with Crippen molar-refractivity contribution >= 4 is 39.0 Å². The highest BCUT2D eigenvalue weighted by Gasteiger charge is 2.38. The van der Waals surface area contributed by atoms with Crippen LogP contribution in [0.3, 0.4) is 0 Å². The van der Waals surface area contributed by atoms with Gasteiger partial charge in [0, 0.05) is 50.6 Å². The summed E-state index contributed by atoms with van der Waals surface area (Å²) in [5.41, 5.74) is 1.49. The van der Waals surface area contributed by atoms with Crippen LogP contribution in [0.15, 0.2) is 29.4 Å². The third-order valence-corrected chi connectivity index (χ3v) is 7.80. The van der Waals surface area contributed by atoms with Crippen molar-refractivity contribution in [3.05, 3.63) is 34.9 Å². The molecule has 1 aromatic carbocycles. The number of carbonyl (C=O) groups excluding carboxylic acids is 2. The molecule has 2 fully saturated rings. The van der Waals surface area contributed by atoms with Crippen LogP contribution in [0.25, 0.3) is 0 Å². The number of carbonyl (C=O) groups is 2. The topological polar surface area (TPSA) is 90.4 Å². The number of halogens is 1. The standard InChI is InChI=1S/C20H25ClN4O4S/c21-16-3-1-2-15(12-16)13-23-7-9-24(10-8-23)20(27)18-4-5-19(26)25(22-18)17-6-11-30(28,29)14-17/h1-3,12,17H,4-11,13-14H2. The van der Waals surface area contributed by atoms with Gasteiger partial charge in [-0.05, 0) is 24.1 Å². The number of benzene rings is 1. The fourth-order valence-electron chi connectivity index (χ4n) is 4.16. The van der Waals surface area contributed by atoms with E-state index in [-0.39, 0.29) is 29.7 Å². The van der Waals surface area contributed by atoms with Crippen LogP contribution in [0.2, 0.25) is 5.02 Å². The summed E-state index contributed by atoms with van der Waals surface area (Å²) in [5, 5.41) is 6.26. The van der Waals surface area contributed by atoms with Crippen molar-refractivity contribution in [2.75, 3.05) is 37.7 Å². The highest BCUT2D eigenvalue weighted by molar-refractivity contribution is 7.91. The summed E-state index contributed by atoms with van der Waals surface area (Å²) in [5.74, 6) is -0.378. The van der Waals surface area contributed by atoms with E-state index in [0.29, 0.717) is 36.7 Å².